The van der Waals surface area contributed by atoms with Crippen LogP contribution in [-0.4, -0.2) is 20.6 Å². The number of rotatable bonds is 3. The molecule has 0 aliphatic rings. The quantitative estimate of drug-likeness (QED) is 0.648. The van der Waals surface area contributed by atoms with Gasteiger partial charge in [-0.3, -0.25) is 0 Å². The molecule has 0 bridgehead atoms. The molecule has 0 fully saturated rings. The molecule has 1 aromatic carbocycles. The summed E-state index contributed by atoms with van der Waals surface area (Å²) in [4.78, 5) is 0. The highest BCUT2D eigenvalue weighted by Gasteiger charge is 2.06. The van der Waals surface area contributed by atoms with Crippen molar-refractivity contribution in [2.45, 2.75) is 0 Å². The van der Waals surface area contributed by atoms with Crippen molar-refractivity contribution in [1.29, 1.82) is 5.26 Å². The van der Waals surface area contributed by atoms with E-state index in [0.29, 0.717) is 9.26 Å². The topological polar surface area (TPSA) is 90.3 Å². The Morgan fingerprint density at radius 1 is 1.56 bits per heavy atom. The van der Waals surface area contributed by atoms with E-state index < -0.39 is 0 Å². The molecule has 0 radical (unpaired) electrons. The second-order valence-corrected chi connectivity index (χ2v) is 4.34. The second-order valence-electron chi connectivity index (χ2n) is 3.17. The molecule has 0 amide bonds. The molecular formula is C10H6FIN6. The zero-order chi connectivity index (χ0) is 13.0. The summed E-state index contributed by atoms with van der Waals surface area (Å²) in [5.74, 6) is -0.116. The van der Waals surface area contributed by atoms with Crippen LogP contribution in [0, 0.1) is 20.7 Å². The molecule has 8 heteroatoms. The van der Waals surface area contributed by atoms with Crippen LogP contribution in [0.5, 0.6) is 0 Å². The van der Waals surface area contributed by atoms with Gasteiger partial charge in [-0.15, -0.1) is 10.2 Å². The van der Waals surface area contributed by atoms with Gasteiger partial charge in [0.1, 0.15) is 17.5 Å². The number of aromatic nitrogens is 4. The van der Waals surface area contributed by atoms with E-state index in [0.717, 1.165) is 0 Å². The van der Waals surface area contributed by atoms with Crippen molar-refractivity contribution in [2.75, 3.05) is 5.32 Å². The fourth-order valence-corrected chi connectivity index (χ4v) is 1.81. The first-order chi connectivity index (χ1) is 8.70. The molecule has 1 aromatic heterocycles. The number of tetrazole rings is 1. The molecule has 1 heterocycles. The summed E-state index contributed by atoms with van der Waals surface area (Å²) in [5, 5.41) is 24.9. The summed E-state index contributed by atoms with van der Waals surface area (Å²) in [6, 6.07) is 6.24. The number of hydrogen-bond donors (Lipinski definition) is 2. The molecule has 2 aromatic rings. The first-order valence-electron chi connectivity index (χ1n) is 4.76. The lowest BCUT2D eigenvalue weighted by molar-refractivity contribution is 0.627. The van der Waals surface area contributed by atoms with E-state index >= 15 is 0 Å². The lowest BCUT2D eigenvalue weighted by Crippen LogP contribution is -1.95. The molecule has 0 atom stereocenters. The molecule has 0 unspecified atom stereocenters. The number of benzene rings is 1. The van der Waals surface area contributed by atoms with Crippen molar-refractivity contribution >= 4 is 33.9 Å². The van der Waals surface area contributed by atoms with Gasteiger partial charge in [-0.05, 0) is 46.0 Å². The summed E-state index contributed by atoms with van der Waals surface area (Å²) in [5.41, 5.74) is 0.914. The summed E-state index contributed by atoms with van der Waals surface area (Å²) in [6.07, 6.45) is 1.44. The Kier molecular flexibility index (Phi) is 3.83. The number of hydrogen-bond acceptors (Lipinski definition) is 5. The van der Waals surface area contributed by atoms with Crippen LogP contribution in [0.25, 0.3) is 5.57 Å². The zero-order valence-electron chi connectivity index (χ0n) is 8.85. The Labute approximate surface area is 115 Å². The maximum absolute atomic E-state index is 12.9. The van der Waals surface area contributed by atoms with Crippen LogP contribution in [0.3, 0.4) is 0 Å². The van der Waals surface area contributed by atoms with Crippen molar-refractivity contribution in [3.63, 3.8) is 0 Å². The Morgan fingerprint density at radius 3 is 3.00 bits per heavy atom. The molecular weight excluding hydrogens is 350 g/mol. The molecule has 6 nitrogen and oxygen atoms in total. The van der Waals surface area contributed by atoms with Crippen molar-refractivity contribution in [3.8, 4) is 6.07 Å². The summed E-state index contributed by atoms with van der Waals surface area (Å²) in [7, 11) is 0. The summed E-state index contributed by atoms with van der Waals surface area (Å²) >= 11 is 1.99. The molecule has 18 heavy (non-hydrogen) atoms. The number of nitrogens with one attached hydrogen (secondary N) is 2. The molecule has 90 valence electrons. The van der Waals surface area contributed by atoms with E-state index in [2.05, 4.69) is 25.9 Å². The van der Waals surface area contributed by atoms with E-state index in [4.69, 9.17) is 5.26 Å². The third-order valence-electron chi connectivity index (χ3n) is 2.01. The van der Waals surface area contributed by atoms with Gasteiger partial charge in [0.2, 0.25) is 5.82 Å². The van der Waals surface area contributed by atoms with Crippen LogP contribution in [0.1, 0.15) is 5.82 Å². The molecule has 2 N–H and O–H groups in total. The molecule has 0 saturated heterocycles. The Morgan fingerprint density at radius 2 is 2.39 bits per heavy atom. The van der Waals surface area contributed by atoms with Crippen LogP contribution in [-0.2, 0) is 0 Å². The lowest BCUT2D eigenvalue weighted by Gasteiger charge is -2.03. The minimum absolute atomic E-state index is 0.196. The van der Waals surface area contributed by atoms with Gasteiger partial charge in [0.05, 0.1) is 5.69 Å². The highest BCUT2D eigenvalue weighted by molar-refractivity contribution is 14.1. The standard InChI is InChI=1S/C10H6FIN6/c11-7-1-2-9(8(12)3-7)14-5-6(4-13)10-15-17-18-16-10/h1-3,5,14H,(H,15,16,17,18). The van der Waals surface area contributed by atoms with Crippen LogP contribution >= 0.6 is 22.6 Å². The first-order valence-corrected chi connectivity index (χ1v) is 5.84. The minimum Gasteiger partial charge on any atom is -0.359 e. The molecule has 0 aliphatic heterocycles. The number of nitriles is 1. The highest BCUT2D eigenvalue weighted by atomic mass is 127. The number of anilines is 1. The van der Waals surface area contributed by atoms with Gasteiger partial charge in [-0.1, -0.05) is 0 Å². The van der Waals surface area contributed by atoms with E-state index in [1.165, 1.54) is 18.3 Å². The number of H-pyrrole nitrogens is 1. The average Bonchev–Trinajstić information content (AvgIpc) is 2.86. The Hall–Kier alpha value is -2.02. The maximum Gasteiger partial charge on any atom is 0.216 e. The van der Waals surface area contributed by atoms with Gasteiger partial charge >= 0.3 is 0 Å². The number of aromatic amines is 1. The van der Waals surface area contributed by atoms with E-state index in [1.807, 2.05) is 28.7 Å². The van der Waals surface area contributed by atoms with E-state index in [-0.39, 0.29) is 17.2 Å². The van der Waals surface area contributed by atoms with Crippen LogP contribution in [0.15, 0.2) is 24.4 Å². The van der Waals surface area contributed by atoms with Gasteiger partial charge < -0.3 is 5.32 Å². The maximum atomic E-state index is 12.9. The largest absolute Gasteiger partial charge is 0.359 e. The van der Waals surface area contributed by atoms with Crippen molar-refractivity contribution in [3.05, 3.63) is 39.6 Å². The van der Waals surface area contributed by atoms with E-state index in [1.54, 1.807) is 6.07 Å². The van der Waals surface area contributed by atoms with Gasteiger partial charge in [0.25, 0.3) is 0 Å². The monoisotopic (exact) mass is 356 g/mol. The predicted octanol–water partition coefficient (Wildman–Crippen LogP) is 1.92. The van der Waals surface area contributed by atoms with Crippen LogP contribution in [0.4, 0.5) is 10.1 Å². The molecule has 0 spiro atoms. The zero-order valence-corrected chi connectivity index (χ0v) is 11.0. The number of allylic oxidation sites excluding steroid dienone is 1. The third kappa shape index (κ3) is 2.80. The SMILES string of the molecule is N#CC(=CNc1ccc(F)cc1I)c1nn[nH]n1. The first kappa shape index (κ1) is 12.4. The van der Waals surface area contributed by atoms with Gasteiger partial charge in [-0.25, -0.2) is 4.39 Å². The number of nitrogens with zero attached hydrogens (tertiary/aromatic N) is 4. The van der Waals surface area contributed by atoms with Gasteiger partial charge in [0, 0.05) is 9.77 Å². The second kappa shape index (κ2) is 5.54. The smallest absolute Gasteiger partial charge is 0.216 e. The van der Waals surface area contributed by atoms with Crippen LogP contribution in [0.2, 0.25) is 0 Å². The van der Waals surface area contributed by atoms with Crippen LogP contribution < -0.4 is 5.32 Å². The van der Waals surface area contributed by atoms with Crippen molar-refractivity contribution in [2.24, 2.45) is 0 Å². The summed E-state index contributed by atoms with van der Waals surface area (Å²) in [6.45, 7) is 0. The lowest BCUT2D eigenvalue weighted by atomic mass is 10.3. The predicted molar refractivity (Wildman–Crippen MR) is 70.5 cm³/mol. The Balaban J connectivity index is 2.22. The third-order valence-corrected chi connectivity index (χ3v) is 2.90. The molecule has 0 saturated carbocycles. The summed E-state index contributed by atoms with van der Waals surface area (Å²) < 4.78 is 13.6. The Bertz CT molecular complexity index is 616. The number of halogens is 2. The van der Waals surface area contributed by atoms with E-state index in [9.17, 15) is 4.39 Å². The van der Waals surface area contributed by atoms with Crippen molar-refractivity contribution in [1.82, 2.24) is 20.6 Å². The average molecular weight is 356 g/mol. The molecule has 2 rings (SSSR count). The van der Waals surface area contributed by atoms with Crippen molar-refractivity contribution < 1.29 is 4.39 Å². The fraction of sp³-hybridized carbons (Fsp3) is 0. The molecule has 0 aliphatic carbocycles. The normalized spacial score (nSPS) is 11.1. The van der Waals surface area contributed by atoms with Gasteiger partial charge in [-0.2, -0.15) is 10.5 Å². The highest BCUT2D eigenvalue weighted by Crippen LogP contribution is 2.19. The van der Waals surface area contributed by atoms with Gasteiger partial charge in [0.15, 0.2) is 0 Å². The fourth-order valence-electron chi connectivity index (χ4n) is 1.18. The minimum atomic E-state index is -0.312.